The standard InChI is InChI=1S/C21H29N3O4/c1-13-6-7-16(18(10-13)27-9-8-26-5)12-22-21(25)19-17-11-14(2)28-15(3)20(17)24(4)23-19/h6-7,10,14-15H,8-9,11-12H2,1-5H3,(H,22,25)/t14-,15+/m0/s1. The van der Waals surface area contributed by atoms with Crippen LogP contribution in [0.5, 0.6) is 5.75 Å². The van der Waals surface area contributed by atoms with Crippen LogP contribution in [0.2, 0.25) is 0 Å². The zero-order valence-electron chi connectivity index (χ0n) is 17.2. The second kappa shape index (κ2) is 8.75. The zero-order valence-corrected chi connectivity index (χ0v) is 17.2. The number of benzene rings is 1. The predicted molar refractivity (Wildman–Crippen MR) is 106 cm³/mol. The lowest BCUT2D eigenvalue weighted by atomic mass is 9.99. The summed E-state index contributed by atoms with van der Waals surface area (Å²) in [7, 11) is 3.49. The number of aryl methyl sites for hydroxylation is 2. The second-order valence-electron chi connectivity index (χ2n) is 7.26. The maximum absolute atomic E-state index is 12.9. The van der Waals surface area contributed by atoms with Crippen LogP contribution in [-0.4, -0.2) is 42.1 Å². The normalized spacial score (nSPS) is 18.6. The summed E-state index contributed by atoms with van der Waals surface area (Å²) in [6, 6.07) is 5.96. The van der Waals surface area contributed by atoms with Gasteiger partial charge in [-0.3, -0.25) is 9.48 Å². The number of carbonyl (C=O) groups is 1. The van der Waals surface area contributed by atoms with Gasteiger partial charge in [0.2, 0.25) is 0 Å². The monoisotopic (exact) mass is 387 g/mol. The molecule has 1 amide bonds. The van der Waals surface area contributed by atoms with Crippen molar-refractivity contribution >= 4 is 5.91 Å². The van der Waals surface area contributed by atoms with Crippen molar-refractivity contribution in [3.8, 4) is 5.75 Å². The Morgan fingerprint density at radius 3 is 2.89 bits per heavy atom. The zero-order chi connectivity index (χ0) is 20.3. The van der Waals surface area contributed by atoms with Gasteiger partial charge in [-0.05, 0) is 32.4 Å². The highest BCUT2D eigenvalue weighted by Crippen LogP contribution is 2.31. The summed E-state index contributed by atoms with van der Waals surface area (Å²) in [5.74, 6) is 0.581. The summed E-state index contributed by atoms with van der Waals surface area (Å²) in [4.78, 5) is 12.9. The van der Waals surface area contributed by atoms with Gasteiger partial charge in [-0.15, -0.1) is 0 Å². The van der Waals surface area contributed by atoms with Gasteiger partial charge < -0.3 is 19.5 Å². The number of rotatable bonds is 7. The second-order valence-corrected chi connectivity index (χ2v) is 7.26. The van der Waals surface area contributed by atoms with Crippen LogP contribution in [0.15, 0.2) is 18.2 Å². The lowest BCUT2D eigenvalue weighted by Crippen LogP contribution is -2.27. The highest BCUT2D eigenvalue weighted by molar-refractivity contribution is 5.94. The summed E-state index contributed by atoms with van der Waals surface area (Å²) in [6.07, 6.45) is 0.679. The molecule has 7 heteroatoms. The van der Waals surface area contributed by atoms with Gasteiger partial charge in [0, 0.05) is 38.2 Å². The molecule has 0 unspecified atom stereocenters. The van der Waals surface area contributed by atoms with Crippen molar-refractivity contribution in [2.45, 2.75) is 45.9 Å². The molecule has 152 valence electrons. The summed E-state index contributed by atoms with van der Waals surface area (Å²) < 4.78 is 18.5. The summed E-state index contributed by atoms with van der Waals surface area (Å²) >= 11 is 0. The van der Waals surface area contributed by atoms with Crippen LogP contribution in [0.4, 0.5) is 0 Å². The molecule has 0 radical (unpaired) electrons. The number of fused-ring (bicyclic) bond motifs is 1. The van der Waals surface area contributed by atoms with Crippen molar-refractivity contribution in [1.82, 2.24) is 15.1 Å². The number of ether oxygens (including phenoxy) is 3. The molecule has 0 saturated heterocycles. The molecule has 7 nitrogen and oxygen atoms in total. The maximum atomic E-state index is 12.9. The van der Waals surface area contributed by atoms with Crippen molar-refractivity contribution < 1.29 is 19.0 Å². The molecule has 0 spiro atoms. The van der Waals surface area contributed by atoms with Gasteiger partial charge in [-0.1, -0.05) is 12.1 Å². The van der Waals surface area contributed by atoms with Gasteiger partial charge in [0.15, 0.2) is 5.69 Å². The first kappa shape index (κ1) is 20.4. The molecule has 1 aliphatic rings. The molecule has 3 rings (SSSR count). The third-order valence-electron chi connectivity index (χ3n) is 4.93. The Kier molecular flexibility index (Phi) is 6.36. The lowest BCUT2D eigenvalue weighted by molar-refractivity contribution is -0.00903. The van der Waals surface area contributed by atoms with E-state index >= 15 is 0 Å². The third-order valence-corrected chi connectivity index (χ3v) is 4.93. The van der Waals surface area contributed by atoms with Gasteiger partial charge >= 0.3 is 0 Å². The molecule has 1 aromatic heterocycles. The number of nitrogens with zero attached hydrogens (tertiary/aromatic N) is 2. The fourth-order valence-electron chi connectivity index (χ4n) is 3.66. The van der Waals surface area contributed by atoms with E-state index in [2.05, 4.69) is 10.4 Å². The molecule has 0 fully saturated rings. The van der Waals surface area contributed by atoms with Crippen molar-refractivity contribution in [3.05, 3.63) is 46.3 Å². The fourth-order valence-corrected chi connectivity index (χ4v) is 3.66. The van der Waals surface area contributed by atoms with Gasteiger partial charge in [0.25, 0.3) is 5.91 Å². The average molecular weight is 387 g/mol. The number of carbonyl (C=O) groups excluding carboxylic acids is 1. The minimum absolute atomic E-state index is 0.0659. The minimum atomic E-state index is -0.179. The Balaban J connectivity index is 1.74. The van der Waals surface area contributed by atoms with Crippen LogP contribution in [0.1, 0.15) is 52.8 Å². The molecule has 1 aromatic carbocycles. The van der Waals surface area contributed by atoms with Crippen LogP contribution >= 0.6 is 0 Å². The highest BCUT2D eigenvalue weighted by Gasteiger charge is 2.31. The van der Waals surface area contributed by atoms with Crippen LogP contribution in [-0.2, 0) is 29.5 Å². The van der Waals surface area contributed by atoms with Crippen LogP contribution in [0.3, 0.4) is 0 Å². The first-order valence-corrected chi connectivity index (χ1v) is 9.61. The number of amides is 1. The van der Waals surface area contributed by atoms with E-state index in [1.165, 1.54) is 0 Å². The van der Waals surface area contributed by atoms with Crippen LogP contribution < -0.4 is 10.1 Å². The molecule has 1 aliphatic heterocycles. The number of hydrogen-bond donors (Lipinski definition) is 1. The molecule has 28 heavy (non-hydrogen) atoms. The molecule has 2 heterocycles. The number of hydrogen-bond acceptors (Lipinski definition) is 5. The van der Waals surface area contributed by atoms with Crippen LogP contribution in [0, 0.1) is 6.92 Å². The van der Waals surface area contributed by atoms with E-state index in [1.54, 1.807) is 11.8 Å². The minimum Gasteiger partial charge on any atom is -0.491 e. The Labute approximate surface area is 166 Å². The molecule has 2 atom stereocenters. The maximum Gasteiger partial charge on any atom is 0.272 e. The Bertz CT molecular complexity index is 846. The van der Waals surface area contributed by atoms with Crippen molar-refractivity contribution in [2.24, 2.45) is 7.05 Å². The SMILES string of the molecule is COCCOc1cc(C)ccc1CNC(=O)c1nn(C)c2c1C[C@H](C)O[C@@H]2C. The van der Waals surface area contributed by atoms with Crippen molar-refractivity contribution in [1.29, 1.82) is 0 Å². The highest BCUT2D eigenvalue weighted by atomic mass is 16.5. The van der Waals surface area contributed by atoms with Crippen LogP contribution in [0.25, 0.3) is 0 Å². The molecular weight excluding hydrogens is 358 g/mol. The summed E-state index contributed by atoms with van der Waals surface area (Å²) in [5, 5.41) is 7.46. The van der Waals surface area contributed by atoms with E-state index in [0.29, 0.717) is 31.9 Å². The van der Waals surface area contributed by atoms with E-state index in [1.807, 2.05) is 46.0 Å². The van der Waals surface area contributed by atoms with E-state index in [9.17, 15) is 4.79 Å². The largest absolute Gasteiger partial charge is 0.491 e. The smallest absolute Gasteiger partial charge is 0.272 e. The third kappa shape index (κ3) is 4.36. The van der Waals surface area contributed by atoms with Gasteiger partial charge in [0.05, 0.1) is 24.5 Å². The lowest BCUT2D eigenvalue weighted by Gasteiger charge is -2.26. The number of methoxy groups -OCH3 is 1. The van der Waals surface area contributed by atoms with E-state index in [0.717, 1.165) is 28.1 Å². The molecule has 0 bridgehead atoms. The van der Waals surface area contributed by atoms with Gasteiger partial charge in [0.1, 0.15) is 12.4 Å². The molecule has 2 aromatic rings. The van der Waals surface area contributed by atoms with Crippen molar-refractivity contribution in [2.75, 3.05) is 20.3 Å². The summed E-state index contributed by atoms with van der Waals surface area (Å²) in [6.45, 7) is 7.37. The van der Waals surface area contributed by atoms with Crippen molar-refractivity contribution in [3.63, 3.8) is 0 Å². The topological polar surface area (TPSA) is 74.6 Å². The fraction of sp³-hybridized carbons (Fsp3) is 0.524. The molecular formula is C21H29N3O4. The number of nitrogens with one attached hydrogen (secondary N) is 1. The van der Waals surface area contributed by atoms with Gasteiger partial charge in [-0.25, -0.2) is 0 Å². The first-order valence-electron chi connectivity index (χ1n) is 9.61. The Morgan fingerprint density at radius 1 is 1.36 bits per heavy atom. The first-order chi connectivity index (χ1) is 13.4. The number of aromatic nitrogens is 2. The van der Waals surface area contributed by atoms with Gasteiger partial charge in [-0.2, -0.15) is 5.10 Å². The van der Waals surface area contributed by atoms with E-state index < -0.39 is 0 Å². The van der Waals surface area contributed by atoms with E-state index in [4.69, 9.17) is 14.2 Å². The van der Waals surface area contributed by atoms with E-state index in [-0.39, 0.29) is 18.1 Å². The Hall–Kier alpha value is -2.38. The quantitative estimate of drug-likeness (QED) is 0.740. The average Bonchev–Trinajstić information content (AvgIpc) is 2.97. The summed E-state index contributed by atoms with van der Waals surface area (Å²) in [5.41, 5.74) is 4.46. The predicted octanol–water partition coefficient (Wildman–Crippen LogP) is 2.71. The molecule has 1 N–H and O–H groups in total. The molecule has 0 saturated carbocycles. The molecule has 0 aliphatic carbocycles. The Morgan fingerprint density at radius 2 is 2.14 bits per heavy atom.